The summed E-state index contributed by atoms with van der Waals surface area (Å²) in [4.78, 5) is 117. The number of carbonyl (C=O) groups excluding carboxylic acids is 9. The number of aliphatic hydroxyl groups is 5. The van der Waals surface area contributed by atoms with Crippen molar-refractivity contribution < 1.29 is 68.7 Å². The smallest absolute Gasteiger partial charge is 0.251 e. The first-order valence-corrected chi connectivity index (χ1v) is 18.4. The minimum Gasteiger partial charge on any atom is -0.394 e. The van der Waals surface area contributed by atoms with Crippen LogP contribution in [0.3, 0.4) is 0 Å². The van der Waals surface area contributed by atoms with Crippen LogP contribution >= 0.6 is 0 Å². The van der Waals surface area contributed by atoms with Gasteiger partial charge in [0.25, 0.3) is 5.91 Å². The maximum absolute atomic E-state index is 13.6. The maximum Gasteiger partial charge on any atom is 0.251 e. The number of nitrogens with two attached hydrogens (primary N) is 1. The molecular weight excluding hydrogens is 784 g/mol. The minimum absolute atomic E-state index is 0.304. The molecule has 328 valence electrons. The Morgan fingerprint density at radius 2 is 1.32 bits per heavy atom. The lowest BCUT2D eigenvalue weighted by Gasteiger charge is -2.31. The molecule has 1 aromatic rings. The van der Waals surface area contributed by atoms with E-state index >= 15 is 0 Å². The second kappa shape index (κ2) is 23.6. The second-order valence-corrected chi connectivity index (χ2v) is 14.0. The van der Waals surface area contributed by atoms with Gasteiger partial charge >= 0.3 is 0 Å². The van der Waals surface area contributed by atoms with Gasteiger partial charge in [-0.25, -0.2) is 0 Å². The van der Waals surface area contributed by atoms with Gasteiger partial charge in [0.1, 0.15) is 42.4 Å². The van der Waals surface area contributed by atoms with E-state index in [2.05, 4.69) is 42.5 Å². The fraction of sp³-hybridized carbons (Fsp3) is 0.571. The first kappa shape index (κ1) is 49.4. The summed E-state index contributed by atoms with van der Waals surface area (Å²) in [5.41, 5.74) is 5.95. The van der Waals surface area contributed by atoms with Crippen molar-refractivity contribution in [1.82, 2.24) is 47.9 Å². The molecule has 9 amide bonds. The number of hydrogen-bond donors (Lipinski definition) is 15. The summed E-state index contributed by atoms with van der Waals surface area (Å²) in [5.74, 6) is -11.4. The van der Waals surface area contributed by atoms with Crippen LogP contribution < -0.4 is 53.6 Å². The van der Waals surface area contributed by atoms with E-state index in [0.717, 1.165) is 12.5 Å². The van der Waals surface area contributed by atoms with Crippen LogP contribution in [-0.4, -0.2) is 166 Å². The highest BCUT2D eigenvalue weighted by Gasteiger charge is 2.41. The predicted molar refractivity (Wildman–Crippen MR) is 202 cm³/mol. The van der Waals surface area contributed by atoms with Crippen molar-refractivity contribution in [3.05, 3.63) is 35.9 Å². The fourth-order valence-electron chi connectivity index (χ4n) is 5.26. The number of β-amino-alcohol motifs (C(OH)–C–C–N with tert-alkyl or cyclic N) is 1. The molecule has 1 fully saturated rings. The van der Waals surface area contributed by atoms with E-state index in [1.807, 2.05) is 23.5 Å². The summed E-state index contributed by atoms with van der Waals surface area (Å²) in [5, 5.41) is 72.2. The predicted octanol–water partition coefficient (Wildman–Crippen LogP) is -8.45. The lowest BCUT2D eigenvalue weighted by molar-refractivity contribution is -0.144. The average molecular weight is 839 g/mol. The van der Waals surface area contributed by atoms with Crippen LogP contribution in [0, 0.1) is 5.92 Å². The number of amides is 9. The fourth-order valence-corrected chi connectivity index (χ4v) is 5.26. The van der Waals surface area contributed by atoms with Crippen LogP contribution in [0.2, 0.25) is 0 Å². The summed E-state index contributed by atoms with van der Waals surface area (Å²) in [6.07, 6.45) is -8.71. The van der Waals surface area contributed by atoms with Gasteiger partial charge in [-0.3, -0.25) is 43.2 Å². The molecule has 1 heterocycles. The molecule has 2 rings (SSSR count). The van der Waals surface area contributed by atoms with E-state index in [4.69, 9.17) is 5.73 Å². The zero-order valence-corrected chi connectivity index (χ0v) is 32.8. The van der Waals surface area contributed by atoms with Crippen LogP contribution in [0.15, 0.2) is 30.3 Å². The number of hydrogen-bond acceptors (Lipinski definition) is 15. The molecule has 24 nitrogen and oxygen atoms in total. The van der Waals surface area contributed by atoms with Gasteiger partial charge in [-0.05, 0) is 25.3 Å². The van der Waals surface area contributed by atoms with Gasteiger partial charge in [0, 0.05) is 13.1 Å². The van der Waals surface area contributed by atoms with E-state index in [1.54, 1.807) is 12.1 Å². The SMILES string of the molecule is CC(NCc1ccccc1)C(=O)NCC1NC(=O)CNC(=O)C(O)CNC(=O)C(C(C)O)NC(=O)C(C(O)C(O)C(N)=O)NC(=O)C(C(C)C)NC(=O)C(CO)NC1=O. The van der Waals surface area contributed by atoms with E-state index in [-0.39, 0.29) is 0 Å². The molecule has 1 aliphatic rings. The maximum atomic E-state index is 13.6. The Bertz CT molecular complexity index is 1670. The van der Waals surface area contributed by atoms with Crippen molar-refractivity contribution in [3.63, 3.8) is 0 Å². The van der Waals surface area contributed by atoms with Gasteiger partial charge in [-0.1, -0.05) is 44.2 Å². The highest BCUT2D eigenvalue weighted by atomic mass is 16.3. The van der Waals surface area contributed by atoms with Gasteiger partial charge < -0.3 is 79.1 Å². The molecule has 0 aromatic heterocycles. The molecule has 10 atom stereocenters. The number of primary amides is 1. The number of nitrogens with one attached hydrogen (secondary N) is 9. The lowest BCUT2D eigenvalue weighted by Crippen LogP contribution is -2.65. The van der Waals surface area contributed by atoms with Gasteiger partial charge in [-0.15, -0.1) is 0 Å². The van der Waals surface area contributed by atoms with Crippen LogP contribution in [0.1, 0.15) is 33.3 Å². The zero-order valence-electron chi connectivity index (χ0n) is 32.8. The molecule has 0 bridgehead atoms. The summed E-state index contributed by atoms with van der Waals surface area (Å²) >= 11 is 0. The molecule has 10 unspecified atom stereocenters. The van der Waals surface area contributed by atoms with E-state index < -0.39 is 146 Å². The Hall–Kier alpha value is -5.79. The molecule has 1 aromatic carbocycles. The van der Waals surface area contributed by atoms with Crippen LogP contribution in [-0.2, 0) is 49.7 Å². The van der Waals surface area contributed by atoms with Crippen molar-refractivity contribution in [2.24, 2.45) is 11.7 Å². The summed E-state index contributed by atoms with van der Waals surface area (Å²) in [6, 6.07) is -1.04. The number of carbonyl (C=O) groups is 9. The first-order chi connectivity index (χ1) is 27.7. The summed E-state index contributed by atoms with van der Waals surface area (Å²) < 4.78 is 0. The van der Waals surface area contributed by atoms with Crippen molar-refractivity contribution in [2.45, 2.75) is 94.9 Å². The van der Waals surface area contributed by atoms with Gasteiger partial charge in [0.05, 0.1) is 31.8 Å². The first-order valence-electron chi connectivity index (χ1n) is 18.4. The third-order valence-corrected chi connectivity index (χ3v) is 8.84. The van der Waals surface area contributed by atoms with Crippen LogP contribution in [0.25, 0.3) is 0 Å². The molecule has 0 spiro atoms. The van der Waals surface area contributed by atoms with Crippen molar-refractivity contribution in [3.8, 4) is 0 Å². The third-order valence-electron chi connectivity index (χ3n) is 8.84. The van der Waals surface area contributed by atoms with Crippen molar-refractivity contribution in [1.29, 1.82) is 0 Å². The van der Waals surface area contributed by atoms with E-state index in [1.165, 1.54) is 20.8 Å². The standard InChI is InChI=1S/C35H54N10O14/c1-15(2)23-34(58)45-25(26(50)27(51)28(36)52)35(59)44-24(17(4)47)33(57)39-12-21(48)32(56)40-13-22(49)41-19(30(54)42-20(14-46)31(55)43-23)11-38-29(53)16(3)37-10-18-8-6-5-7-9-18/h5-9,15-17,19-21,23-27,37,46-48,50-51H,10-14H2,1-4H3,(H2,36,52)(H,38,53)(H,39,57)(H,40,56)(H,41,49)(H,42,54)(H,43,55)(H,44,59)(H,45,58). The molecule has 0 radical (unpaired) electrons. The number of aliphatic hydroxyl groups excluding tert-OH is 5. The summed E-state index contributed by atoms with van der Waals surface area (Å²) in [6.45, 7) is 2.36. The molecule has 0 aliphatic carbocycles. The molecule has 59 heavy (non-hydrogen) atoms. The quantitative estimate of drug-likeness (QED) is 0.0930. The van der Waals surface area contributed by atoms with Crippen molar-refractivity contribution in [2.75, 3.05) is 26.2 Å². The largest absolute Gasteiger partial charge is 0.394 e. The van der Waals surface area contributed by atoms with E-state index in [0.29, 0.717) is 6.54 Å². The van der Waals surface area contributed by atoms with Crippen molar-refractivity contribution >= 4 is 53.2 Å². The number of benzene rings is 1. The Labute approximate surface area is 338 Å². The zero-order chi connectivity index (χ0) is 44.6. The average Bonchev–Trinajstić information content (AvgIpc) is 3.19. The summed E-state index contributed by atoms with van der Waals surface area (Å²) in [7, 11) is 0. The lowest BCUT2D eigenvalue weighted by atomic mass is 9.99. The number of rotatable bonds is 12. The highest BCUT2D eigenvalue weighted by Crippen LogP contribution is 2.08. The molecule has 16 N–H and O–H groups in total. The molecule has 1 aliphatic heterocycles. The normalized spacial score (nSPS) is 25.4. The van der Waals surface area contributed by atoms with E-state index in [9.17, 15) is 68.7 Å². The van der Waals surface area contributed by atoms with Gasteiger partial charge in [0.2, 0.25) is 47.3 Å². The second-order valence-electron chi connectivity index (χ2n) is 14.0. The van der Waals surface area contributed by atoms with Crippen LogP contribution in [0.4, 0.5) is 0 Å². The van der Waals surface area contributed by atoms with Gasteiger partial charge in [0.15, 0.2) is 6.10 Å². The third kappa shape index (κ3) is 15.5. The monoisotopic (exact) mass is 838 g/mol. The Balaban J connectivity index is 2.47. The Morgan fingerprint density at radius 1 is 0.746 bits per heavy atom. The van der Waals surface area contributed by atoms with Crippen LogP contribution in [0.5, 0.6) is 0 Å². The minimum atomic E-state index is -2.48. The molecule has 0 saturated carbocycles. The highest BCUT2D eigenvalue weighted by molar-refractivity contribution is 5.98. The molecule has 1 saturated heterocycles. The molecule has 24 heteroatoms. The Kier molecular flexibility index (Phi) is 19.7. The Morgan fingerprint density at radius 3 is 1.90 bits per heavy atom. The van der Waals surface area contributed by atoms with Gasteiger partial charge in [-0.2, -0.15) is 0 Å². The topological polar surface area (TPSA) is 389 Å². The molecular formula is C35H54N10O14.